The van der Waals surface area contributed by atoms with Crippen LogP contribution in [0.5, 0.6) is 5.75 Å². The van der Waals surface area contributed by atoms with Crippen molar-refractivity contribution in [3.05, 3.63) is 17.8 Å². The van der Waals surface area contributed by atoms with Crippen molar-refractivity contribution in [3.63, 3.8) is 0 Å². The van der Waals surface area contributed by atoms with Crippen molar-refractivity contribution in [2.75, 3.05) is 12.0 Å². The molecular weight excluding hydrogens is 328 g/mol. The Balaban J connectivity index is 2.06. The number of carbonyl (C=O) groups is 3. The fourth-order valence-corrected chi connectivity index (χ4v) is 2.74. The smallest absolute Gasteiger partial charge is 0.423 e. The van der Waals surface area contributed by atoms with Gasteiger partial charge in [0.15, 0.2) is 22.9 Å². The highest BCUT2D eigenvalue weighted by Crippen LogP contribution is 2.46. The van der Waals surface area contributed by atoms with Gasteiger partial charge in [-0.25, -0.2) is 14.6 Å². The lowest BCUT2D eigenvalue weighted by Gasteiger charge is -2.45. The Morgan fingerprint density at radius 2 is 1.96 bits per heavy atom. The number of carbonyl (C=O) groups excluding carboxylic acids is 3. The molecule has 1 spiro atoms. The Labute approximate surface area is 145 Å². The molecule has 1 aromatic heterocycles. The predicted octanol–water partition coefficient (Wildman–Crippen LogP) is 2.45. The molecule has 134 valence electrons. The van der Waals surface area contributed by atoms with E-state index in [2.05, 4.69) is 9.72 Å². The number of imide groups is 1. The van der Waals surface area contributed by atoms with E-state index in [0.717, 1.165) is 11.3 Å². The molecule has 0 radical (unpaired) electrons. The zero-order valence-corrected chi connectivity index (χ0v) is 14.6. The van der Waals surface area contributed by atoms with Crippen molar-refractivity contribution in [2.45, 2.75) is 51.2 Å². The van der Waals surface area contributed by atoms with Crippen molar-refractivity contribution in [3.8, 4) is 5.75 Å². The zero-order valence-electron chi connectivity index (χ0n) is 14.6. The molecule has 0 saturated heterocycles. The highest BCUT2D eigenvalue weighted by Gasteiger charge is 2.55. The quantitative estimate of drug-likeness (QED) is 0.719. The largest absolute Gasteiger partial charge is 0.473 e. The lowest BCUT2D eigenvalue weighted by atomic mass is 9.78. The van der Waals surface area contributed by atoms with Crippen LogP contribution in [0.1, 0.15) is 50.5 Å². The number of amides is 2. The number of methoxy groups -OCH3 is 1. The average Bonchev–Trinajstić information content (AvgIpc) is 2.49. The summed E-state index contributed by atoms with van der Waals surface area (Å²) in [6.07, 6.45) is 1.02. The topological polar surface area (TPSA) is 95.0 Å². The van der Waals surface area contributed by atoms with E-state index in [0.29, 0.717) is 12.8 Å². The van der Waals surface area contributed by atoms with Crippen LogP contribution in [-0.2, 0) is 14.3 Å². The first kappa shape index (κ1) is 17.2. The van der Waals surface area contributed by atoms with Crippen molar-refractivity contribution in [2.24, 2.45) is 0 Å². The maximum Gasteiger partial charge on any atom is 0.423 e. The molecule has 8 nitrogen and oxygen atoms in total. The summed E-state index contributed by atoms with van der Waals surface area (Å²) in [6.45, 7) is 5.11. The van der Waals surface area contributed by atoms with Gasteiger partial charge in [-0.05, 0) is 52.2 Å². The minimum atomic E-state index is -1.06. The van der Waals surface area contributed by atoms with E-state index in [1.165, 1.54) is 19.2 Å². The van der Waals surface area contributed by atoms with E-state index in [-0.39, 0.29) is 17.3 Å². The molecule has 1 aromatic rings. The van der Waals surface area contributed by atoms with Gasteiger partial charge in [-0.3, -0.25) is 4.79 Å². The first-order valence-corrected chi connectivity index (χ1v) is 8.03. The number of aromatic nitrogens is 1. The molecule has 0 bridgehead atoms. The van der Waals surface area contributed by atoms with E-state index < -0.39 is 29.2 Å². The second-order valence-corrected chi connectivity index (χ2v) is 7.08. The van der Waals surface area contributed by atoms with E-state index in [9.17, 15) is 14.4 Å². The lowest BCUT2D eigenvalue weighted by molar-refractivity contribution is -0.143. The maximum absolute atomic E-state index is 12.9. The Kier molecular flexibility index (Phi) is 3.93. The molecule has 1 saturated carbocycles. The molecule has 8 heteroatoms. The molecule has 1 fully saturated rings. The van der Waals surface area contributed by atoms with Crippen molar-refractivity contribution < 1.29 is 28.6 Å². The minimum absolute atomic E-state index is 0.0317. The number of esters is 1. The molecule has 25 heavy (non-hydrogen) atoms. The number of hydrogen-bond acceptors (Lipinski definition) is 7. The van der Waals surface area contributed by atoms with Crippen LogP contribution in [0, 0.1) is 0 Å². The molecule has 0 N–H and O–H groups in total. The predicted molar refractivity (Wildman–Crippen MR) is 86.5 cm³/mol. The normalized spacial score (nSPS) is 18.1. The van der Waals surface area contributed by atoms with Gasteiger partial charge in [0.1, 0.15) is 5.60 Å². The van der Waals surface area contributed by atoms with Crippen molar-refractivity contribution in [1.29, 1.82) is 0 Å². The Morgan fingerprint density at radius 3 is 2.48 bits per heavy atom. The molecule has 1 aliphatic carbocycles. The summed E-state index contributed by atoms with van der Waals surface area (Å²) >= 11 is 0. The summed E-state index contributed by atoms with van der Waals surface area (Å²) in [6, 6.07) is 2.94. The molecule has 2 amide bonds. The van der Waals surface area contributed by atoms with Gasteiger partial charge in [0.25, 0.3) is 5.91 Å². The number of fused-ring (bicyclic) bond motifs is 1. The third-order valence-corrected chi connectivity index (χ3v) is 4.08. The van der Waals surface area contributed by atoms with Gasteiger partial charge >= 0.3 is 12.1 Å². The summed E-state index contributed by atoms with van der Waals surface area (Å²) in [4.78, 5) is 42.3. The summed E-state index contributed by atoms with van der Waals surface area (Å²) in [5, 5.41) is 0. The highest BCUT2D eigenvalue weighted by atomic mass is 16.6. The Hall–Kier alpha value is -2.64. The monoisotopic (exact) mass is 348 g/mol. The molecule has 3 rings (SSSR count). The molecule has 1 aliphatic heterocycles. The molecular formula is C17H20N2O6. The van der Waals surface area contributed by atoms with Gasteiger partial charge < -0.3 is 14.2 Å². The van der Waals surface area contributed by atoms with Gasteiger partial charge in [0.05, 0.1) is 7.11 Å². The van der Waals surface area contributed by atoms with E-state index in [1.54, 1.807) is 20.8 Å². The lowest BCUT2D eigenvalue weighted by Crippen LogP contribution is -2.62. The van der Waals surface area contributed by atoms with E-state index >= 15 is 0 Å². The second kappa shape index (κ2) is 5.72. The fraction of sp³-hybridized carbons (Fsp3) is 0.529. The van der Waals surface area contributed by atoms with Crippen molar-refractivity contribution >= 4 is 23.8 Å². The Bertz CT molecular complexity index is 748. The van der Waals surface area contributed by atoms with Crippen LogP contribution >= 0.6 is 0 Å². The van der Waals surface area contributed by atoms with E-state index in [1.807, 2.05) is 0 Å². The summed E-state index contributed by atoms with van der Waals surface area (Å²) in [7, 11) is 1.22. The molecule has 2 aliphatic rings. The standard InChI is InChI=1S/C17H20N2O6/c1-16(2,3)25-15(22)19-12-11(7-6-10(18-12)13(20)23-4)24-17(14(19)21)8-5-9-17/h6-7H,5,8-9H2,1-4H3. The minimum Gasteiger partial charge on any atom is -0.473 e. The number of rotatable bonds is 1. The zero-order chi connectivity index (χ0) is 18.4. The highest BCUT2D eigenvalue weighted by molar-refractivity contribution is 6.17. The van der Waals surface area contributed by atoms with Gasteiger partial charge in [0.2, 0.25) is 0 Å². The van der Waals surface area contributed by atoms with Crippen molar-refractivity contribution in [1.82, 2.24) is 4.98 Å². The fourth-order valence-electron chi connectivity index (χ4n) is 2.74. The van der Waals surface area contributed by atoms with Crippen LogP contribution in [0.3, 0.4) is 0 Å². The Morgan fingerprint density at radius 1 is 1.28 bits per heavy atom. The number of nitrogens with zero attached hydrogens (tertiary/aromatic N) is 2. The summed E-state index contributed by atoms with van der Waals surface area (Å²) in [5.74, 6) is -0.990. The first-order chi connectivity index (χ1) is 11.7. The first-order valence-electron chi connectivity index (χ1n) is 8.03. The molecule has 0 unspecified atom stereocenters. The van der Waals surface area contributed by atoms with Gasteiger partial charge in [-0.1, -0.05) is 0 Å². The third kappa shape index (κ3) is 2.92. The number of pyridine rings is 1. The van der Waals surface area contributed by atoms with Gasteiger partial charge in [0, 0.05) is 0 Å². The van der Waals surface area contributed by atoms with Crippen LogP contribution in [-0.4, -0.2) is 41.3 Å². The van der Waals surface area contributed by atoms with E-state index in [4.69, 9.17) is 9.47 Å². The third-order valence-electron chi connectivity index (χ3n) is 4.08. The van der Waals surface area contributed by atoms with Crippen LogP contribution < -0.4 is 9.64 Å². The van der Waals surface area contributed by atoms with Crippen LogP contribution in [0.2, 0.25) is 0 Å². The van der Waals surface area contributed by atoms with Gasteiger partial charge in [-0.2, -0.15) is 4.90 Å². The van der Waals surface area contributed by atoms with Crippen LogP contribution in [0.25, 0.3) is 0 Å². The summed E-state index contributed by atoms with van der Waals surface area (Å²) in [5.41, 5.74) is -1.88. The molecule has 0 aromatic carbocycles. The molecule has 2 heterocycles. The van der Waals surface area contributed by atoms with Crippen LogP contribution in [0.15, 0.2) is 12.1 Å². The van der Waals surface area contributed by atoms with Crippen LogP contribution in [0.4, 0.5) is 10.6 Å². The average molecular weight is 348 g/mol. The molecule has 0 atom stereocenters. The number of ether oxygens (including phenoxy) is 3. The van der Waals surface area contributed by atoms with Gasteiger partial charge in [-0.15, -0.1) is 0 Å². The number of hydrogen-bond donors (Lipinski definition) is 0. The summed E-state index contributed by atoms with van der Waals surface area (Å²) < 4.78 is 15.8. The SMILES string of the molecule is COC(=O)c1ccc2c(n1)N(C(=O)OC(C)(C)C)C(=O)C1(CCC1)O2. The maximum atomic E-state index is 12.9. The number of anilines is 1. The second-order valence-electron chi connectivity index (χ2n) is 7.08.